The normalized spacial score (nSPS) is 14.0. The molecular weight excluding hydrogens is 276 g/mol. The summed E-state index contributed by atoms with van der Waals surface area (Å²) in [5.41, 5.74) is 3.94. The summed E-state index contributed by atoms with van der Waals surface area (Å²) in [6.07, 6.45) is 0. The van der Waals surface area contributed by atoms with Crippen LogP contribution in [0.1, 0.15) is 24.0 Å². The van der Waals surface area contributed by atoms with Crippen LogP contribution < -0.4 is 9.29 Å². The molecule has 118 valence electrons. The molecule has 0 aliphatic rings. The predicted octanol–water partition coefficient (Wildman–Crippen LogP) is 3.86. The largest absolute Gasteiger partial charge is 0.628 e. The van der Waals surface area contributed by atoms with E-state index in [1.807, 2.05) is 48.5 Å². The number of benzene rings is 2. The van der Waals surface area contributed by atoms with Gasteiger partial charge in [0.2, 0.25) is 0 Å². The van der Waals surface area contributed by atoms with Crippen LogP contribution in [0.15, 0.2) is 48.5 Å². The Bertz CT molecular complexity index is 563. The first kappa shape index (κ1) is 16.6. The summed E-state index contributed by atoms with van der Waals surface area (Å²) in [6, 6.07) is 15.8. The first-order chi connectivity index (χ1) is 10.1. The van der Waals surface area contributed by atoms with E-state index in [1.165, 1.54) is 11.1 Å². The van der Waals surface area contributed by atoms with Gasteiger partial charge in [-0.25, -0.2) is 5.21 Å². The molecule has 0 aliphatic carbocycles. The van der Waals surface area contributed by atoms with Crippen molar-refractivity contribution in [2.75, 3.05) is 28.2 Å². The van der Waals surface area contributed by atoms with Crippen molar-refractivity contribution < 1.29 is 5.21 Å². The summed E-state index contributed by atoms with van der Waals surface area (Å²) >= 11 is 0. The molecule has 0 fully saturated rings. The Kier molecular flexibility index (Phi) is 4.40. The molecule has 2 rings (SSSR count). The minimum Gasteiger partial charge on any atom is -0.628 e. The third kappa shape index (κ3) is 3.72. The van der Waals surface area contributed by atoms with Crippen LogP contribution >= 0.6 is 0 Å². The van der Waals surface area contributed by atoms with E-state index < -0.39 is 4.65 Å². The maximum Gasteiger partial charge on any atom is 0.164 e. The Morgan fingerprint density at radius 1 is 0.773 bits per heavy atom. The minimum atomic E-state index is -0.424. The number of quaternary nitrogens is 2. The summed E-state index contributed by atoms with van der Waals surface area (Å²) in [6.45, 7) is 2.14. The Balaban J connectivity index is 2.23. The topological polar surface area (TPSA) is 43.3 Å². The number of hydrogen-bond acceptors (Lipinski definition) is 2. The lowest BCUT2D eigenvalue weighted by Gasteiger charge is -2.33. The molecule has 0 amide bonds. The summed E-state index contributed by atoms with van der Waals surface area (Å²) in [7, 11) is 6.68. The van der Waals surface area contributed by atoms with E-state index in [9.17, 15) is 10.4 Å². The standard InChI is InChI=1S/C18H25N2O2/c1-14(15-6-10-17(11-7-15)19(2,3)21)16-8-12-18(13-9-16)20(4,5)22/h6-14,21H,1-5H3/q+1. The van der Waals surface area contributed by atoms with E-state index in [0.29, 0.717) is 0 Å². The van der Waals surface area contributed by atoms with Crippen molar-refractivity contribution in [2.24, 2.45) is 0 Å². The monoisotopic (exact) mass is 301 g/mol. The molecule has 0 heterocycles. The highest BCUT2D eigenvalue weighted by molar-refractivity contribution is 5.47. The molecule has 0 aliphatic heterocycles. The zero-order valence-corrected chi connectivity index (χ0v) is 13.9. The van der Waals surface area contributed by atoms with Gasteiger partial charge in [0.25, 0.3) is 0 Å². The van der Waals surface area contributed by atoms with Crippen LogP contribution in [0.2, 0.25) is 0 Å². The molecule has 4 nitrogen and oxygen atoms in total. The van der Waals surface area contributed by atoms with E-state index in [2.05, 4.69) is 6.92 Å². The summed E-state index contributed by atoms with van der Waals surface area (Å²) in [5, 5.41) is 21.8. The predicted molar refractivity (Wildman–Crippen MR) is 92.8 cm³/mol. The zero-order valence-electron chi connectivity index (χ0n) is 13.9. The Labute approximate surface area is 132 Å². The summed E-state index contributed by atoms with van der Waals surface area (Å²) in [4.78, 5) is 0. The van der Waals surface area contributed by atoms with E-state index in [0.717, 1.165) is 11.4 Å². The first-order valence-corrected chi connectivity index (χ1v) is 7.42. The molecule has 0 bridgehead atoms. The van der Waals surface area contributed by atoms with Crippen LogP contribution in [0.25, 0.3) is 0 Å². The molecule has 0 saturated heterocycles. The van der Waals surface area contributed by atoms with Gasteiger partial charge in [-0.3, -0.25) is 0 Å². The van der Waals surface area contributed by atoms with Crippen molar-refractivity contribution in [3.8, 4) is 0 Å². The van der Waals surface area contributed by atoms with Gasteiger partial charge in [0.15, 0.2) is 5.69 Å². The highest BCUT2D eigenvalue weighted by Gasteiger charge is 2.17. The zero-order chi connectivity index (χ0) is 16.5. The molecule has 0 radical (unpaired) electrons. The SMILES string of the molecule is CC(c1ccc([N+](C)(C)[O-])cc1)c1ccc([N+](C)(C)O)cc1. The number of rotatable bonds is 4. The second kappa shape index (κ2) is 5.82. The van der Waals surface area contributed by atoms with Crippen molar-refractivity contribution in [1.82, 2.24) is 9.29 Å². The van der Waals surface area contributed by atoms with Gasteiger partial charge in [0.05, 0.1) is 14.1 Å². The van der Waals surface area contributed by atoms with Crippen LogP contribution in [-0.4, -0.2) is 33.4 Å². The maximum atomic E-state index is 11.9. The molecule has 0 aromatic heterocycles. The van der Waals surface area contributed by atoms with Crippen molar-refractivity contribution >= 4 is 11.4 Å². The molecule has 1 atom stereocenters. The molecule has 1 unspecified atom stereocenters. The van der Waals surface area contributed by atoms with Gasteiger partial charge >= 0.3 is 0 Å². The van der Waals surface area contributed by atoms with Crippen LogP contribution in [0.5, 0.6) is 0 Å². The third-order valence-electron chi connectivity index (χ3n) is 4.04. The average molecular weight is 301 g/mol. The lowest BCUT2D eigenvalue weighted by molar-refractivity contribution is -0.0283. The minimum absolute atomic E-state index is 0.181. The molecule has 4 heteroatoms. The third-order valence-corrected chi connectivity index (χ3v) is 4.04. The molecular formula is C18H25N2O2+. The highest BCUT2D eigenvalue weighted by Crippen LogP contribution is 2.28. The smallest absolute Gasteiger partial charge is 0.164 e. The first-order valence-electron chi connectivity index (χ1n) is 7.42. The summed E-state index contributed by atoms with van der Waals surface area (Å²) in [5.74, 6) is 0.236. The lowest BCUT2D eigenvalue weighted by Crippen LogP contribution is -2.35. The van der Waals surface area contributed by atoms with Crippen molar-refractivity contribution in [2.45, 2.75) is 12.8 Å². The molecule has 1 N–H and O–H groups in total. The maximum absolute atomic E-state index is 11.9. The van der Waals surface area contributed by atoms with Gasteiger partial charge in [-0.2, -0.15) is 4.65 Å². The van der Waals surface area contributed by atoms with Crippen molar-refractivity contribution in [1.29, 1.82) is 0 Å². The Morgan fingerprint density at radius 2 is 1.14 bits per heavy atom. The van der Waals surface area contributed by atoms with Gasteiger partial charge in [0.1, 0.15) is 19.8 Å². The van der Waals surface area contributed by atoms with Crippen LogP contribution in [0, 0.1) is 5.21 Å². The number of nitrogens with zero attached hydrogens (tertiary/aromatic N) is 2. The van der Waals surface area contributed by atoms with Gasteiger partial charge in [-0.05, 0) is 23.3 Å². The van der Waals surface area contributed by atoms with Gasteiger partial charge in [-0.1, -0.05) is 31.2 Å². The van der Waals surface area contributed by atoms with E-state index in [1.54, 1.807) is 28.2 Å². The van der Waals surface area contributed by atoms with E-state index >= 15 is 0 Å². The van der Waals surface area contributed by atoms with Crippen LogP contribution in [0.4, 0.5) is 11.4 Å². The quantitative estimate of drug-likeness (QED) is 0.688. The van der Waals surface area contributed by atoms with Gasteiger partial charge < -0.3 is 9.85 Å². The van der Waals surface area contributed by atoms with Gasteiger partial charge in [-0.15, -0.1) is 0 Å². The Morgan fingerprint density at radius 3 is 1.45 bits per heavy atom. The molecule has 22 heavy (non-hydrogen) atoms. The fourth-order valence-electron chi connectivity index (χ4n) is 2.44. The average Bonchev–Trinajstić information content (AvgIpc) is 2.45. The fraction of sp³-hybridized carbons (Fsp3) is 0.333. The van der Waals surface area contributed by atoms with Crippen molar-refractivity contribution in [3.63, 3.8) is 0 Å². The number of hydrogen-bond donors (Lipinski definition) is 1. The summed E-state index contributed by atoms with van der Waals surface area (Å²) < 4.78 is -0.604. The second-order valence-electron chi connectivity index (χ2n) is 6.65. The van der Waals surface area contributed by atoms with E-state index in [4.69, 9.17) is 0 Å². The molecule has 0 saturated carbocycles. The lowest BCUT2D eigenvalue weighted by atomic mass is 9.93. The van der Waals surface area contributed by atoms with Crippen molar-refractivity contribution in [3.05, 3.63) is 64.9 Å². The van der Waals surface area contributed by atoms with E-state index in [-0.39, 0.29) is 10.6 Å². The Hall–Kier alpha value is -1.72. The molecule has 2 aromatic rings. The molecule has 0 spiro atoms. The second-order valence-corrected chi connectivity index (χ2v) is 6.65. The van der Waals surface area contributed by atoms with Crippen LogP contribution in [0.3, 0.4) is 0 Å². The van der Waals surface area contributed by atoms with Crippen LogP contribution in [-0.2, 0) is 0 Å². The fourth-order valence-corrected chi connectivity index (χ4v) is 2.44. The number of hydroxylamine groups is 4. The highest BCUT2D eigenvalue weighted by atomic mass is 16.5. The molecule has 2 aromatic carbocycles. The van der Waals surface area contributed by atoms with Gasteiger partial charge in [0, 0.05) is 18.1 Å².